The van der Waals surface area contributed by atoms with E-state index in [1.807, 2.05) is 0 Å². The zero-order valence-corrected chi connectivity index (χ0v) is 8.08. The molecule has 2 aliphatic rings. The fourth-order valence-corrected chi connectivity index (χ4v) is 1.98. The van der Waals surface area contributed by atoms with Gasteiger partial charge in [-0.2, -0.15) is 0 Å². The van der Waals surface area contributed by atoms with Gasteiger partial charge in [-0.3, -0.25) is 0 Å². The van der Waals surface area contributed by atoms with Gasteiger partial charge in [0, 0.05) is 31.1 Å². The second kappa shape index (κ2) is 4.37. The first-order valence-corrected chi connectivity index (χ1v) is 4.98. The Hall–Kier alpha value is -0.160. The Morgan fingerprint density at radius 1 is 1.15 bits per heavy atom. The fourth-order valence-electron chi connectivity index (χ4n) is 1.98. The molecule has 2 N–H and O–H groups in total. The second-order valence-corrected chi connectivity index (χ2v) is 3.95. The minimum atomic E-state index is 0.464. The number of piperazine rings is 1. The lowest BCUT2D eigenvalue weighted by Gasteiger charge is -2.36. The van der Waals surface area contributed by atoms with Crippen molar-refractivity contribution in [3.05, 3.63) is 0 Å². The normalized spacial score (nSPS) is 37.6. The van der Waals surface area contributed by atoms with Gasteiger partial charge in [-0.1, -0.05) is 0 Å². The van der Waals surface area contributed by atoms with Gasteiger partial charge >= 0.3 is 0 Å². The number of hydrogen-bond acceptors (Lipinski definition) is 4. The molecule has 13 heavy (non-hydrogen) atoms. The maximum absolute atomic E-state index is 5.28. The highest BCUT2D eigenvalue weighted by Crippen LogP contribution is 2.12. The maximum Gasteiger partial charge on any atom is 0.146 e. The highest BCUT2D eigenvalue weighted by molar-refractivity contribution is 4.86. The van der Waals surface area contributed by atoms with Gasteiger partial charge in [0.05, 0.1) is 13.2 Å². The second-order valence-electron chi connectivity index (χ2n) is 3.95. The summed E-state index contributed by atoms with van der Waals surface area (Å²) < 4.78 is 10.6. The third-order valence-electron chi connectivity index (χ3n) is 2.71. The standard InChI is InChI=1S/C9H18N2O2/c1-7-2-10-3-9(11-7)8-4-12-6-13-5-8/h7-11H,2-6H2,1H3. The summed E-state index contributed by atoms with van der Waals surface area (Å²) in [5.41, 5.74) is 0. The van der Waals surface area contributed by atoms with Gasteiger partial charge in [-0.05, 0) is 6.92 Å². The van der Waals surface area contributed by atoms with E-state index in [0.717, 1.165) is 26.3 Å². The Morgan fingerprint density at radius 2 is 1.92 bits per heavy atom. The van der Waals surface area contributed by atoms with Crippen LogP contribution in [-0.4, -0.2) is 45.2 Å². The van der Waals surface area contributed by atoms with E-state index in [0.29, 0.717) is 24.8 Å². The lowest BCUT2D eigenvalue weighted by molar-refractivity contribution is -0.133. The number of hydrogen-bond donors (Lipinski definition) is 2. The van der Waals surface area contributed by atoms with E-state index < -0.39 is 0 Å². The molecule has 2 rings (SSSR count). The lowest BCUT2D eigenvalue weighted by Crippen LogP contribution is -2.58. The maximum atomic E-state index is 5.28. The quantitative estimate of drug-likeness (QED) is 0.582. The van der Waals surface area contributed by atoms with Gasteiger partial charge in [-0.25, -0.2) is 0 Å². The molecule has 0 aromatic heterocycles. The molecule has 0 aromatic carbocycles. The van der Waals surface area contributed by atoms with Crippen molar-refractivity contribution in [2.75, 3.05) is 33.1 Å². The molecular formula is C9H18N2O2. The molecule has 76 valence electrons. The largest absolute Gasteiger partial charge is 0.355 e. The third-order valence-corrected chi connectivity index (χ3v) is 2.71. The summed E-state index contributed by atoms with van der Waals surface area (Å²) in [7, 11) is 0. The van der Waals surface area contributed by atoms with Gasteiger partial charge < -0.3 is 20.1 Å². The average Bonchev–Trinajstić information content (AvgIpc) is 2.19. The molecule has 2 fully saturated rings. The Bertz CT molecular complexity index is 160. The fraction of sp³-hybridized carbons (Fsp3) is 1.00. The van der Waals surface area contributed by atoms with E-state index in [1.165, 1.54) is 0 Å². The van der Waals surface area contributed by atoms with Crippen molar-refractivity contribution in [1.29, 1.82) is 0 Å². The molecule has 0 amide bonds. The first-order chi connectivity index (χ1) is 6.36. The third kappa shape index (κ3) is 2.40. The van der Waals surface area contributed by atoms with Crippen molar-refractivity contribution in [2.45, 2.75) is 19.0 Å². The summed E-state index contributed by atoms with van der Waals surface area (Å²) in [6.07, 6.45) is 0. The van der Waals surface area contributed by atoms with Crippen LogP contribution in [0.15, 0.2) is 0 Å². The van der Waals surface area contributed by atoms with Crippen LogP contribution in [0.25, 0.3) is 0 Å². The molecule has 0 spiro atoms. The van der Waals surface area contributed by atoms with Crippen molar-refractivity contribution in [3.63, 3.8) is 0 Å². The van der Waals surface area contributed by atoms with Crippen LogP contribution >= 0.6 is 0 Å². The van der Waals surface area contributed by atoms with Crippen LogP contribution in [0.3, 0.4) is 0 Å². The smallest absolute Gasteiger partial charge is 0.146 e. The van der Waals surface area contributed by atoms with Gasteiger partial charge in [0.15, 0.2) is 0 Å². The van der Waals surface area contributed by atoms with Crippen molar-refractivity contribution in [2.24, 2.45) is 5.92 Å². The average molecular weight is 186 g/mol. The molecule has 0 radical (unpaired) electrons. The van der Waals surface area contributed by atoms with Crippen LogP contribution in [0.1, 0.15) is 6.92 Å². The minimum Gasteiger partial charge on any atom is -0.355 e. The topological polar surface area (TPSA) is 42.5 Å². The van der Waals surface area contributed by atoms with Crippen molar-refractivity contribution in [1.82, 2.24) is 10.6 Å². The van der Waals surface area contributed by atoms with E-state index in [4.69, 9.17) is 9.47 Å². The summed E-state index contributed by atoms with van der Waals surface area (Å²) in [4.78, 5) is 0. The van der Waals surface area contributed by atoms with Crippen LogP contribution in [0, 0.1) is 5.92 Å². The lowest BCUT2D eigenvalue weighted by atomic mass is 9.98. The molecule has 0 aromatic rings. The van der Waals surface area contributed by atoms with Crippen LogP contribution in [0.2, 0.25) is 0 Å². The molecular weight excluding hydrogens is 168 g/mol. The highest BCUT2D eigenvalue weighted by atomic mass is 16.7. The van der Waals surface area contributed by atoms with Crippen molar-refractivity contribution < 1.29 is 9.47 Å². The van der Waals surface area contributed by atoms with E-state index in [9.17, 15) is 0 Å². The van der Waals surface area contributed by atoms with Gasteiger partial charge in [0.1, 0.15) is 6.79 Å². The molecule has 2 unspecified atom stereocenters. The summed E-state index contributed by atoms with van der Waals surface area (Å²) in [5, 5.41) is 6.97. The summed E-state index contributed by atoms with van der Waals surface area (Å²) in [5.74, 6) is 0.504. The molecule has 4 nitrogen and oxygen atoms in total. The number of rotatable bonds is 1. The monoisotopic (exact) mass is 186 g/mol. The minimum absolute atomic E-state index is 0.464. The van der Waals surface area contributed by atoms with Crippen LogP contribution in [0.4, 0.5) is 0 Å². The predicted octanol–water partition coefficient (Wildman–Crippen LogP) is -0.443. The van der Waals surface area contributed by atoms with Gasteiger partial charge in [0.25, 0.3) is 0 Å². The Kier molecular flexibility index (Phi) is 3.16. The molecule has 0 aliphatic carbocycles. The molecule has 2 atom stereocenters. The number of nitrogens with one attached hydrogen (secondary N) is 2. The number of ether oxygens (including phenoxy) is 2. The van der Waals surface area contributed by atoms with Gasteiger partial charge in [-0.15, -0.1) is 0 Å². The van der Waals surface area contributed by atoms with E-state index in [-0.39, 0.29) is 0 Å². The zero-order valence-electron chi connectivity index (χ0n) is 8.08. The van der Waals surface area contributed by atoms with E-state index in [1.54, 1.807) is 0 Å². The molecule has 0 saturated carbocycles. The Balaban J connectivity index is 1.83. The summed E-state index contributed by atoms with van der Waals surface area (Å²) >= 11 is 0. The highest BCUT2D eigenvalue weighted by Gasteiger charge is 2.27. The van der Waals surface area contributed by atoms with Crippen LogP contribution in [-0.2, 0) is 9.47 Å². The zero-order chi connectivity index (χ0) is 9.10. The molecule has 4 heteroatoms. The van der Waals surface area contributed by atoms with Crippen LogP contribution in [0.5, 0.6) is 0 Å². The van der Waals surface area contributed by atoms with Crippen LogP contribution < -0.4 is 10.6 Å². The Morgan fingerprint density at radius 3 is 2.62 bits per heavy atom. The SMILES string of the molecule is CC1CNCC(C2COCOC2)N1. The molecule has 2 heterocycles. The van der Waals surface area contributed by atoms with Crippen molar-refractivity contribution >= 4 is 0 Å². The summed E-state index contributed by atoms with van der Waals surface area (Å²) in [6, 6.07) is 1.06. The first kappa shape index (κ1) is 9.40. The van der Waals surface area contributed by atoms with Crippen molar-refractivity contribution in [3.8, 4) is 0 Å². The van der Waals surface area contributed by atoms with E-state index in [2.05, 4.69) is 17.6 Å². The Labute approximate surface area is 79.0 Å². The first-order valence-electron chi connectivity index (χ1n) is 4.98. The van der Waals surface area contributed by atoms with Gasteiger partial charge in [0.2, 0.25) is 0 Å². The van der Waals surface area contributed by atoms with E-state index >= 15 is 0 Å². The summed E-state index contributed by atoms with van der Waals surface area (Å²) in [6.45, 7) is 6.40. The molecule has 2 saturated heterocycles. The molecule has 2 aliphatic heterocycles. The predicted molar refractivity (Wildman–Crippen MR) is 49.5 cm³/mol. The molecule has 0 bridgehead atoms.